The maximum atomic E-state index is 12.0. The van der Waals surface area contributed by atoms with Gasteiger partial charge in [0.2, 0.25) is 5.88 Å². The second-order valence-corrected chi connectivity index (χ2v) is 5.98. The Morgan fingerprint density at radius 2 is 2.29 bits per heavy atom. The number of aliphatic hydroxyl groups is 1. The van der Waals surface area contributed by atoms with E-state index in [-0.39, 0.29) is 19.8 Å². The third-order valence-electron chi connectivity index (χ3n) is 3.60. The number of aliphatic hydroxyl groups excluding tert-OH is 1. The third-order valence-corrected chi connectivity index (χ3v) is 4.16. The Balaban J connectivity index is 1.63. The number of nitrogens with zero attached hydrogens (tertiary/aromatic N) is 1. The summed E-state index contributed by atoms with van der Waals surface area (Å²) < 4.78 is 10.7. The predicted molar refractivity (Wildman–Crippen MR) is 88.2 cm³/mol. The maximum absolute atomic E-state index is 12.0. The van der Waals surface area contributed by atoms with Crippen LogP contribution >= 0.6 is 23.2 Å². The molecular weight excluding hydrogens is 355 g/mol. The van der Waals surface area contributed by atoms with Crippen molar-refractivity contribution in [1.82, 2.24) is 10.3 Å². The van der Waals surface area contributed by atoms with E-state index < -0.39 is 12.2 Å². The molecule has 0 spiro atoms. The number of amides is 1. The van der Waals surface area contributed by atoms with E-state index in [4.69, 9.17) is 32.7 Å². The molecule has 0 radical (unpaired) electrons. The van der Waals surface area contributed by atoms with E-state index in [1.165, 1.54) is 0 Å². The quantitative estimate of drug-likeness (QED) is 0.865. The lowest BCUT2D eigenvalue weighted by atomic mass is 10.1. The molecule has 0 saturated carbocycles. The molecule has 1 aliphatic heterocycles. The van der Waals surface area contributed by atoms with Crippen LogP contribution in [0, 0.1) is 0 Å². The summed E-state index contributed by atoms with van der Waals surface area (Å²) in [4.78, 5) is 16.1. The smallest absolute Gasteiger partial charge is 0.408 e. The van der Waals surface area contributed by atoms with Crippen LogP contribution in [0.5, 0.6) is 5.88 Å². The summed E-state index contributed by atoms with van der Waals surface area (Å²) in [6.07, 6.45) is 0.488. The lowest BCUT2D eigenvalue weighted by Gasteiger charge is -2.14. The van der Waals surface area contributed by atoms with Crippen molar-refractivity contribution in [2.45, 2.75) is 19.3 Å². The Kier molecular flexibility index (Phi) is 5.08. The van der Waals surface area contributed by atoms with Crippen LogP contribution in [0.2, 0.25) is 10.0 Å². The second-order valence-electron chi connectivity index (χ2n) is 5.14. The average Bonchev–Trinajstić information content (AvgIpc) is 2.96. The fourth-order valence-corrected chi connectivity index (χ4v) is 3.04. The van der Waals surface area contributed by atoms with Crippen molar-refractivity contribution >= 4 is 29.3 Å². The SMILES string of the molecule is O=C(NCc1c(Cl)cc(Cl)cc1CO)O[C@H]1COc2ncccc21. The van der Waals surface area contributed by atoms with Crippen LogP contribution in [0.1, 0.15) is 22.8 Å². The molecule has 0 unspecified atom stereocenters. The fourth-order valence-electron chi connectivity index (χ4n) is 2.44. The molecule has 2 N–H and O–H groups in total. The summed E-state index contributed by atoms with van der Waals surface area (Å²) in [5, 5.41) is 12.8. The highest BCUT2D eigenvalue weighted by Gasteiger charge is 2.28. The van der Waals surface area contributed by atoms with E-state index in [2.05, 4.69) is 10.3 Å². The Bertz CT molecular complexity index is 770. The first-order chi connectivity index (χ1) is 11.6. The number of aromatic nitrogens is 1. The molecule has 1 aliphatic rings. The Labute approximate surface area is 148 Å². The minimum absolute atomic E-state index is 0.109. The van der Waals surface area contributed by atoms with Gasteiger partial charge in [-0.15, -0.1) is 0 Å². The van der Waals surface area contributed by atoms with Crippen LogP contribution in [0.15, 0.2) is 30.5 Å². The predicted octanol–water partition coefficient (Wildman–Crippen LogP) is 3.24. The molecule has 126 valence electrons. The van der Waals surface area contributed by atoms with Gasteiger partial charge in [-0.2, -0.15) is 0 Å². The molecule has 3 rings (SSSR count). The van der Waals surface area contributed by atoms with Crippen molar-refractivity contribution in [3.63, 3.8) is 0 Å². The molecule has 2 heterocycles. The van der Waals surface area contributed by atoms with Crippen molar-refractivity contribution in [2.75, 3.05) is 6.61 Å². The van der Waals surface area contributed by atoms with Crippen molar-refractivity contribution in [2.24, 2.45) is 0 Å². The Hall–Kier alpha value is -2.02. The van der Waals surface area contributed by atoms with E-state index in [0.29, 0.717) is 27.1 Å². The summed E-state index contributed by atoms with van der Waals surface area (Å²) in [7, 11) is 0. The van der Waals surface area contributed by atoms with Crippen LogP contribution < -0.4 is 10.1 Å². The summed E-state index contributed by atoms with van der Waals surface area (Å²) in [5.41, 5.74) is 1.87. The van der Waals surface area contributed by atoms with E-state index in [1.54, 1.807) is 30.5 Å². The van der Waals surface area contributed by atoms with Gasteiger partial charge in [-0.25, -0.2) is 9.78 Å². The summed E-state index contributed by atoms with van der Waals surface area (Å²) >= 11 is 12.0. The third kappa shape index (κ3) is 3.56. The minimum Gasteiger partial charge on any atom is -0.473 e. The minimum atomic E-state index is -0.616. The highest BCUT2D eigenvalue weighted by atomic mass is 35.5. The molecule has 6 nitrogen and oxygen atoms in total. The van der Waals surface area contributed by atoms with Gasteiger partial charge in [0.1, 0.15) is 6.61 Å². The first kappa shape index (κ1) is 16.8. The van der Waals surface area contributed by atoms with Crippen molar-refractivity contribution in [3.05, 3.63) is 57.2 Å². The second kappa shape index (κ2) is 7.25. The number of halogens is 2. The number of pyridine rings is 1. The molecule has 8 heteroatoms. The summed E-state index contributed by atoms with van der Waals surface area (Å²) in [6.45, 7) is 0.101. The van der Waals surface area contributed by atoms with Gasteiger partial charge in [-0.05, 0) is 35.4 Å². The number of fused-ring (bicyclic) bond motifs is 1. The first-order valence-corrected chi connectivity index (χ1v) is 7.94. The monoisotopic (exact) mass is 368 g/mol. The van der Waals surface area contributed by atoms with Gasteiger partial charge < -0.3 is 19.9 Å². The topological polar surface area (TPSA) is 80.7 Å². The number of carbonyl (C=O) groups is 1. The van der Waals surface area contributed by atoms with Crippen LogP contribution in [-0.4, -0.2) is 22.8 Å². The first-order valence-electron chi connectivity index (χ1n) is 7.18. The Morgan fingerprint density at radius 1 is 1.46 bits per heavy atom. The van der Waals surface area contributed by atoms with E-state index >= 15 is 0 Å². The molecule has 1 atom stereocenters. The standard InChI is InChI=1S/C16H14Cl2N2O4/c17-10-4-9(7-21)12(13(18)5-10)6-20-16(22)24-14-8-23-15-11(14)2-1-3-19-15/h1-5,14,21H,6-8H2,(H,20,22)/t14-/m0/s1. The van der Waals surface area contributed by atoms with Gasteiger partial charge in [-0.3, -0.25) is 0 Å². The largest absolute Gasteiger partial charge is 0.473 e. The zero-order valence-corrected chi connectivity index (χ0v) is 14.0. The fraction of sp³-hybridized carbons (Fsp3) is 0.250. The van der Waals surface area contributed by atoms with E-state index in [0.717, 1.165) is 5.56 Å². The van der Waals surface area contributed by atoms with Gasteiger partial charge in [0.15, 0.2) is 6.10 Å². The van der Waals surface area contributed by atoms with Gasteiger partial charge >= 0.3 is 6.09 Å². The van der Waals surface area contributed by atoms with E-state index in [9.17, 15) is 9.90 Å². The number of hydrogen-bond donors (Lipinski definition) is 2. The number of ether oxygens (including phenoxy) is 2. The molecule has 1 aromatic heterocycles. The van der Waals surface area contributed by atoms with Crippen molar-refractivity contribution in [3.8, 4) is 5.88 Å². The van der Waals surface area contributed by atoms with Crippen LogP contribution in [-0.2, 0) is 17.9 Å². The highest BCUT2D eigenvalue weighted by Crippen LogP contribution is 2.32. The molecule has 1 aromatic carbocycles. The van der Waals surface area contributed by atoms with Gasteiger partial charge in [-0.1, -0.05) is 23.2 Å². The molecule has 24 heavy (non-hydrogen) atoms. The van der Waals surface area contributed by atoms with Crippen molar-refractivity contribution < 1.29 is 19.4 Å². The van der Waals surface area contributed by atoms with Crippen LogP contribution in [0.4, 0.5) is 4.79 Å². The van der Waals surface area contributed by atoms with Gasteiger partial charge in [0.05, 0.1) is 12.2 Å². The van der Waals surface area contributed by atoms with E-state index in [1.807, 2.05) is 0 Å². The normalized spacial score (nSPS) is 15.5. The Morgan fingerprint density at radius 3 is 3.08 bits per heavy atom. The highest BCUT2D eigenvalue weighted by molar-refractivity contribution is 6.35. The summed E-state index contributed by atoms with van der Waals surface area (Å²) in [5.74, 6) is 0.471. The zero-order valence-electron chi connectivity index (χ0n) is 12.5. The van der Waals surface area contributed by atoms with Crippen LogP contribution in [0.25, 0.3) is 0 Å². The van der Waals surface area contributed by atoms with Gasteiger partial charge in [0, 0.05) is 22.8 Å². The summed E-state index contributed by atoms with van der Waals surface area (Å²) in [6, 6.07) is 6.70. The molecule has 0 bridgehead atoms. The molecule has 0 aliphatic carbocycles. The number of rotatable bonds is 4. The van der Waals surface area contributed by atoms with Crippen molar-refractivity contribution in [1.29, 1.82) is 0 Å². The molecule has 2 aromatic rings. The molecule has 1 amide bonds. The molecule has 0 saturated heterocycles. The number of alkyl carbamates (subject to hydrolysis) is 1. The number of hydrogen-bond acceptors (Lipinski definition) is 5. The average molecular weight is 369 g/mol. The lowest BCUT2D eigenvalue weighted by Crippen LogP contribution is -2.26. The number of benzene rings is 1. The number of carbonyl (C=O) groups excluding carboxylic acids is 1. The molecular formula is C16H14Cl2N2O4. The maximum Gasteiger partial charge on any atom is 0.408 e. The molecule has 0 fully saturated rings. The lowest BCUT2D eigenvalue weighted by molar-refractivity contribution is 0.0821. The van der Waals surface area contributed by atoms with Crippen LogP contribution in [0.3, 0.4) is 0 Å². The van der Waals surface area contributed by atoms with Gasteiger partial charge in [0.25, 0.3) is 0 Å². The zero-order chi connectivity index (χ0) is 17.1. The number of nitrogens with one attached hydrogen (secondary N) is 1.